The number of aliphatic hydroxyl groups is 1. The Morgan fingerprint density at radius 1 is 1.00 bits per heavy atom. The van der Waals surface area contributed by atoms with Gasteiger partial charge < -0.3 is 39.4 Å². The number of aryl methyl sites for hydroxylation is 1. The summed E-state index contributed by atoms with van der Waals surface area (Å²) in [5.41, 5.74) is 3.46. The molecule has 1 aliphatic rings. The molecule has 0 spiro atoms. The molecule has 234 valence electrons. The molecule has 1 saturated heterocycles. The van der Waals surface area contributed by atoms with Gasteiger partial charge in [0.15, 0.2) is 0 Å². The van der Waals surface area contributed by atoms with Crippen LogP contribution in [0.5, 0.6) is 5.75 Å². The lowest BCUT2D eigenvalue weighted by atomic mass is 10.0. The summed E-state index contributed by atoms with van der Waals surface area (Å²) in [4.78, 5) is 2.35. The van der Waals surface area contributed by atoms with E-state index in [0.29, 0.717) is 43.4 Å². The maximum atomic E-state index is 13.6. The van der Waals surface area contributed by atoms with Crippen LogP contribution in [0.25, 0.3) is 10.9 Å². The van der Waals surface area contributed by atoms with Gasteiger partial charge in [-0.15, -0.1) is 0 Å². The van der Waals surface area contributed by atoms with Gasteiger partial charge in [0.1, 0.15) is 12.3 Å². The van der Waals surface area contributed by atoms with Crippen molar-refractivity contribution in [3.05, 3.63) is 53.7 Å². The number of fused-ring (bicyclic) bond motifs is 1. The van der Waals surface area contributed by atoms with Crippen molar-refractivity contribution in [2.24, 2.45) is 0 Å². The number of alkyl halides is 3. The van der Waals surface area contributed by atoms with E-state index in [9.17, 15) is 13.2 Å². The number of nitrogens with one attached hydrogen (secondary N) is 2. The van der Waals surface area contributed by atoms with Crippen molar-refractivity contribution in [3.63, 3.8) is 0 Å². The first-order valence-corrected chi connectivity index (χ1v) is 14.6. The fourth-order valence-electron chi connectivity index (χ4n) is 5.18. The van der Waals surface area contributed by atoms with Gasteiger partial charge in [-0.1, -0.05) is 18.1 Å². The summed E-state index contributed by atoms with van der Waals surface area (Å²) in [6.07, 6.45) is -2.55. The van der Waals surface area contributed by atoms with Crippen molar-refractivity contribution in [3.8, 4) is 17.6 Å². The largest absolute Gasteiger partial charge is 0.495 e. The van der Waals surface area contributed by atoms with Crippen LogP contribution in [0.2, 0.25) is 0 Å². The SMILES string of the molecule is COc1cc(C)ccc1NCC#Cc1cc2c(NC3CCN(CCOCCOCCO)CC3)cccc2n1CC(F)(F)F. The molecule has 0 atom stereocenters. The predicted octanol–water partition coefficient (Wildman–Crippen LogP) is 4.89. The summed E-state index contributed by atoms with van der Waals surface area (Å²) in [7, 11) is 1.59. The van der Waals surface area contributed by atoms with E-state index in [4.69, 9.17) is 19.3 Å². The summed E-state index contributed by atoms with van der Waals surface area (Å²) >= 11 is 0. The van der Waals surface area contributed by atoms with Gasteiger partial charge in [0, 0.05) is 36.7 Å². The third-order valence-corrected chi connectivity index (χ3v) is 7.33. The van der Waals surface area contributed by atoms with Crippen LogP contribution < -0.4 is 15.4 Å². The van der Waals surface area contributed by atoms with Crippen LogP contribution in [0, 0.1) is 18.8 Å². The minimum atomic E-state index is -4.39. The molecule has 0 radical (unpaired) electrons. The molecule has 0 amide bonds. The number of nitrogens with zero attached hydrogens (tertiary/aromatic N) is 2. The van der Waals surface area contributed by atoms with Crippen LogP contribution in [0.3, 0.4) is 0 Å². The Bertz CT molecular complexity index is 1370. The van der Waals surface area contributed by atoms with Crippen LogP contribution in [0.1, 0.15) is 24.1 Å². The normalized spacial score (nSPS) is 14.5. The van der Waals surface area contributed by atoms with Gasteiger partial charge >= 0.3 is 6.18 Å². The lowest BCUT2D eigenvalue weighted by Gasteiger charge is -2.32. The van der Waals surface area contributed by atoms with Gasteiger partial charge in [0.2, 0.25) is 0 Å². The molecule has 0 saturated carbocycles. The first-order chi connectivity index (χ1) is 20.8. The molecular formula is C32H41F3N4O4. The molecule has 1 fully saturated rings. The standard InChI is InChI=1S/C32H41F3N4O4/c1-24-8-9-29(31(21-24)41-2)36-12-4-5-26-22-27-28(6-3-7-30(27)39(26)23-32(33,34)35)37-25-10-13-38(14-11-25)15-17-42-19-20-43-18-16-40/h3,6-9,21-22,25,36-37,40H,10-20,23H2,1-2H3. The zero-order valence-corrected chi connectivity index (χ0v) is 24.8. The minimum absolute atomic E-state index is 0.00908. The molecule has 43 heavy (non-hydrogen) atoms. The van der Waals surface area contributed by atoms with Crippen molar-refractivity contribution in [1.82, 2.24) is 9.47 Å². The molecule has 1 aromatic heterocycles. The van der Waals surface area contributed by atoms with E-state index in [1.54, 1.807) is 25.3 Å². The monoisotopic (exact) mass is 602 g/mol. The Morgan fingerprint density at radius 2 is 1.77 bits per heavy atom. The highest BCUT2D eigenvalue weighted by Gasteiger charge is 2.30. The van der Waals surface area contributed by atoms with E-state index >= 15 is 0 Å². The summed E-state index contributed by atoms with van der Waals surface area (Å²) in [5, 5.41) is 16.2. The summed E-state index contributed by atoms with van der Waals surface area (Å²) in [5.74, 6) is 6.63. The number of likely N-dealkylation sites (tertiary alicyclic amines) is 1. The van der Waals surface area contributed by atoms with Gasteiger partial charge in [-0.3, -0.25) is 0 Å². The zero-order valence-electron chi connectivity index (χ0n) is 24.8. The lowest BCUT2D eigenvalue weighted by Crippen LogP contribution is -2.40. The number of piperidine rings is 1. The number of benzene rings is 2. The highest BCUT2D eigenvalue weighted by Crippen LogP contribution is 2.31. The number of ether oxygens (including phenoxy) is 3. The topological polar surface area (TPSA) is 80.2 Å². The van der Waals surface area contributed by atoms with Crippen LogP contribution in [-0.2, 0) is 16.0 Å². The average Bonchev–Trinajstić information content (AvgIpc) is 3.32. The first-order valence-electron chi connectivity index (χ1n) is 14.6. The number of hydrogen-bond donors (Lipinski definition) is 3. The predicted molar refractivity (Wildman–Crippen MR) is 163 cm³/mol. The number of aromatic nitrogens is 1. The fourth-order valence-corrected chi connectivity index (χ4v) is 5.18. The smallest absolute Gasteiger partial charge is 0.406 e. The van der Waals surface area contributed by atoms with Crippen molar-refractivity contribution >= 4 is 22.3 Å². The van der Waals surface area contributed by atoms with E-state index in [2.05, 4.69) is 27.4 Å². The molecule has 3 N–H and O–H groups in total. The number of anilines is 2. The van der Waals surface area contributed by atoms with E-state index in [1.165, 1.54) is 4.57 Å². The number of methoxy groups -OCH3 is 1. The number of hydrogen-bond acceptors (Lipinski definition) is 7. The molecule has 3 aromatic rings. The van der Waals surface area contributed by atoms with Crippen molar-refractivity contribution in [1.29, 1.82) is 0 Å². The van der Waals surface area contributed by atoms with E-state index in [0.717, 1.165) is 54.8 Å². The molecule has 0 aliphatic carbocycles. The molecule has 0 bridgehead atoms. The number of rotatable bonds is 14. The average molecular weight is 603 g/mol. The van der Waals surface area contributed by atoms with Gasteiger partial charge in [0.25, 0.3) is 0 Å². The lowest BCUT2D eigenvalue weighted by molar-refractivity contribution is -0.140. The summed E-state index contributed by atoms with van der Waals surface area (Å²) < 4.78 is 58.3. The van der Waals surface area contributed by atoms with Gasteiger partial charge in [-0.05, 0) is 61.6 Å². The van der Waals surface area contributed by atoms with Gasteiger partial charge in [-0.25, -0.2) is 0 Å². The molecular weight excluding hydrogens is 561 g/mol. The number of aliphatic hydroxyl groups excluding tert-OH is 1. The molecule has 4 rings (SSSR count). The Hall–Kier alpha value is -3.43. The Labute approximate surface area is 251 Å². The quantitative estimate of drug-likeness (QED) is 0.179. The Kier molecular flexibility index (Phi) is 12.0. The van der Waals surface area contributed by atoms with Crippen LogP contribution in [0.15, 0.2) is 42.5 Å². The second-order valence-electron chi connectivity index (χ2n) is 10.5. The van der Waals surface area contributed by atoms with Crippen molar-refractivity contribution < 1.29 is 32.5 Å². The van der Waals surface area contributed by atoms with Crippen LogP contribution in [0.4, 0.5) is 24.5 Å². The highest BCUT2D eigenvalue weighted by atomic mass is 19.4. The highest BCUT2D eigenvalue weighted by molar-refractivity contribution is 5.94. The van der Waals surface area contributed by atoms with Gasteiger partial charge in [0.05, 0.1) is 63.6 Å². The molecule has 11 heteroatoms. The fraction of sp³-hybridized carbons (Fsp3) is 0.500. The van der Waals surface area contributed by atoms with Crippen molar-refractivity contribution in [2.75, 3.05) is 77.0 Å². The van der Waals surface area contributed by atoms with Crippen LogP contribution >= 0.6 is 0 Å². The zero-order chi connectivity index (χ0) is 30.7. The van der Waals surface area contributed by atoms with Gasteiger partial charge in [-0.2, -0.15) is 13.2 Å². The maximum Gasteiger partial charge on any atom is 0.406 e. The van der Waals surface area contributed by atoms with E-state index in [1.807, 2.05) is 31.2 Å². The molecule has 2 aromatic carbocycles. The minimum Gasteiger partial charge on any atom is -0.495 e. The van der Waals surface area contributed by atoms with E-state index in [-0.39, 0.29) is 19.2 Å². The molecule has 8 nitrogen and oxygen atoms in total. The molecule has 1 aliphatic heterocycles. The van der Waals surface area contributed by atoms with Crippen LogP contribution in [-0.4, -0.2) is 93.1 Å². The second kappa shape index (κ2) is 15.9. The number of halogens is 3. The summed E-state index contributed by atoms with van der Waals surface area (Å²) in [6, 6.07) is 13.1. The third kappa shape index (κ3) is 9.79. The second-order valence-corrected chi connectivity index (χ2v) is 10.5. The van der Waals surface area contributed by atoms with Crippen molar-refractivity contribution in [2.45, 2.75) is 38.5 Å². The summed E-state index contributed by atoms with van der Waals surface area (Å²) in [6.45, 7) is 5.66. The Morgan fingerprint density at radius 3 is 2.49 bits per heavy atom. The third-order valence-electron chi connectivity index (χ3n) is 7.33. The maximum absolute atomic E-state index is 13.6. The Balaban J connectivity index is 1.39. The molecule has 2 heterocycles. The molecule has 0 unspecified atom stereocenters. The van der Waals surface area contributed by atoms with E-state index < -0.39 is 12.7 Å². The first kappa shape index (κ1) is 32.5.